The van der Waals surface area contributed by atoms with Gasteiger partial charge in [0.15, 0.2) is 0 Å². The van der Waals surface area contributed by atoms with Gasteiger partial charge in [0.25, 0.3) is 0 Å². The van der Waals surface area contributed by atoms with E-state index in [0.717, 1.165) is 0 Å². The monoisotopic (exact) mass is 350 g/mol. The van der Waals surface area contributed by atoms with E-state index in [4.69, 9.17) is 5.26 Å². The van der Waals surface area contributed by atoms with E-state index in [2.05, 4.69) is 4.74 Å². The highest BCUT2D eigenvalue weighted by atomic mass is 32.2. The number of ether oxygens (including phenoxy) is 1. The van der Waals surface area contributed by atoms with Crippen LogP contribution in [0.2, 0.25) is 0 Å². The molecular formula is C13H13F3N2O4S. The van der Waals surface area contributed by atoms with Crippen LogP contribution in [0.1, 0.15) is 17.5 Å². The highest BCUT2D eigenvalue weighted by Crippen LogP contribution is 2.14. The molecular weight excluding hydrogens is 337 g/mol. The summed E-state index contributed by atoms with van der Waals surface area (Å²) in [5.74, 6) is -1.45. The molecule has 0 saturated carbocycles. The molecule has 0 spiro atoms. The lowest BCUT2D eigenvalue weighted by Gasteiger charge is -2.09. The Kier molecular flexibility index (Phi) is 6.53. The molecule has 6 nitrogen and oxygen atoms in total. The third-order valence-electron chi connectivity index (χ3n) is 2.45. The first-order valence-electron chi connectivity index (χ1n) is 6.28. The van der Waals surface area contributed by atoms with Crippen molar-refractivity contribution in [2.45, 2.75) is 18.3 Å². The predicted octanol–water partition coefficient (Wildman–Crippen LogP) is 1.47. The van der Waals surface area contributed by atoms with Crippen LogP contribution in [0.4, 0.5) is 13.2 Å². The lowest BCUT2D eigenvalue weighted by atomic mass is 10.2. The number of halogens is 3. The van der Waals surface area contributed by atoms with E-state index >= 15 is 0 Å². The summed E-state index contributed by atoms with van der Waals surface area (Å²) in [6.45, 7) is -2.05. The number of carbonyl (C=O) groups excluding carboxylic acids is 1. The van der Waals surface area contributed by atoms with Crippen molar-refractivity contribution < 1.29 is 31.1 Å². The molecule has 0 bridgehead atoms. The summed E-state index contributed by atoms with van der Waals surface area (Å²) in [6, 6.07) is 7.58. The molecule has 0 radical (unpaired) electrons. The number of nitrogens with one attached hydrogen (secondary N) is 1. The third-order valence-corrected chi connectivity index (χ3v) is 3.70. The number of nitriles is 1. The van der Waals surface area contributed by atoms with Gasteiger partial charge in [-0.15, -0.1) is 0 Å². The van der Waals surface area contributed by atoms with Crippen molar-refractivity contribution in [1.82, 2.24) is 4.72 Å². The topological polar surface area (TPSA) is 96.3 Å². The van der Waals surface area contributed by atoms with Crippen LogP contribution in [0.15, 0.2) is 24.3 Å². The van der Waals surface area contributed by atoms with Crippen LogP contribution in [0.3, 0.4) is 0 Å². The van der Waals surface area contributed by atoms with E-state index in [9.17, 15) is 26.4 Å². The molecule has 0 aliphatic heterocycles. The number of benzene rings is 1. The number of hydrogen-bond acceptors (Lipinski definition) is 5. The zero-order chi connectivity index (χ0) is 17.5. The van der Waals surface area contributed by atoms with E-state index in [1.165, 1.54) is 24.3 Å². The molecule has 1 N–H and O–H groups in total. The van der Waals surface area contributed by atoms with Gasteiger partial charge in [-0.2, -0.15) is 18.4 Å². The van der Waals surface area contributed by atoms with Gasteiger partial charge in [0.2, 0.25) is 15.9 Å². The van der Waals surface area contributed by atoms with E-state index in [1.807, 2.05) is 6.07 Å². The van der Waals surface area contributed by atoms with Crippen molar-refractivity contribution in [3.63, 3.8) is 0 Å². The number of carbonyl (C=O) groups is 1. The largest absolute Gasteiger partial charge is 0.411 e. The fraction of sp³-hybridized carbons (Fsp3) is 0.385. The molecule has 0 heterocycles. The van der Waals surface area contributed by atoms with Crippen LogP contribution < -0.4 is 4.72 Å². The standard InChI is InChI=1S/C13H13F3N2O4S/c14-13(15,16)9-22-6-5-12(19)18-23(20,21)8-11-3-1-10(7-17)2-4-11/h1-4H,5-6,8-9H2,(H,18,19). The number of alkyl halides is 3. The van der Waals surface area contributed by atoms with Crippen LogP contribution >= 0.6 is 0 Å². The van der Waals surface area contributed by atoms with E-state index in [-0.39, 0.29) is 0 Å². The maximum atomic E-state index is 11.8. The molecule has 0 saturated heterocycles. The number of rotatable bonds is 7. The number of amides is 1. The lowest BCUT2D eigenvalue weighted by Crippen LogP contribution is -2.32. The predicted molar refractivity (Wildman–Crippen MR) is 73.4 cm³/mol. The summed E-state index contributed by atoms with van der Waals surface area (Å²) < 4.78 is 64.8. The third kappa shape index (κ3) is 8.18. The van der Waals surface area contributed by atoms with Gasteiger partial charge < -0.3 is 4.74 Å². The van der Waals surface area contributed by atoms with Crippen molar-refractivity contribution in [3.8, 4) is 6.07 Å². The Bertz CT molecular complexity index is 679. The summed E-state index contributed by atoms with van der Waals surface area (Å²) in [6.07, 6.45) is -5.01. The molecule has 10 heteroatoms. The second kappa shape index (κ2) is 7.94. The van der Waals surface area contributed by atoms with Gasteiger partial charge in [-0.1, -0.05) is 12.1 Å². The minimum Gasteiger partial charge on any atom is -0.372 e. The van der Waals surface area contributed by atoms with Gasteiger partial charge in [0.1, 0.15) is 6.61 Å². The van der Waals surface area contributed by atoms with Crippen LogP contribution in [0, 0.1) is 11.3 Å². The van der Waals surface area contributed by atoms with Gasteiger partial charge in [-0.25, -0.2) is 8.42 Å². The molecule has 0 atom stereocenters. The Morgan fingerprint density at radius 1 is 1.26 bits per heavy atom. The molecule has 1 rings (SSSR count). The maximum Gasteiger partial charge on any atom is 0.411 e. The number of sulfonamides is 1. The molecule has 0 aromatic heterocycles. The average molecular weight is 350 g/mol. The summed E-state index contributed by atoms with van der Waals surface area (Å²) in [5.41, 5.74) is 0.717. The Labute approximate surface area is 130 Å². The van der Waals surface area contributed by atoms with Gasteiger partial charge in [-0.3, -0.25) is 9.52 Å². The quantitative estimate of drug-likeness (QED) is 0.751. The Balaban J connectivity index is 2.44. The second-order valence-corrected chi connectivity index (χ2v) is 6.23. The highest BCUT2D eigenvalue weighted by Gasteiger charge is 2.27. The van der Waals surface area contributed by atoms with Crippen molar-refractivity contribution >= 4 is 15.9 Å². The van der Waals surface area contributed by atoms with Gasteiger partial charge in [-0.05, 0) is 17.7 Å². The molecule has 0 aliphatic carbocycles. The summed E-state index contributed by atoms with van der Waals surface area (Å²) >= 11 is 0. The van der Waals surface area contributed by atoms with Crippen molar-refractivity contribution in [2.24, 2.45) is 0 Å². The smallest absolute Gasteiger partial charge is 0.372 e. The number of hydrogen-bond donors (Lipinski definition) is 1. The molecule has 1 aromatic carbocycles. The van der Waals surface area contributed by atoms with E-state index in [1.54, 1.807) is 4.72 Å². The minimum absolute atomic E-state index is 0.358. The Morgan fingerprint density at radius 3 is 2.39 bits per heavy atom. The SMILES string of the molecule is N#Cc1ccc(CS(=O)(=O)NC(=O)CCOCC(F)(F)F)cc1. The number of nitrogens with zero attached hydrogens (tertiary/aromatic N) is 1. The molecule has 0 aliphatic rings. The summed E-state index contributed by atoms with van der Waals surface area (Å²) in [5, 5.41) is 8.63. The first kappa shape index (κ1) is 18.9. The van der Waals surface area contributed by atoms with Crippen LogP contribution in [-0.2, 0) is 25.3 Å². The van der Waals surface area contributed by atoms with Gasteiger partial charge in [0.05, 0.1) is 30.4 Å². The fourth-order valence-corrected chi connectivity index (χ4v) is 2.66. The zero-order valence-electron chi connectivity index (χ0n) is 11.8. The van der Waals surface area contributed by atoms with E-state index < -0.39 is 47.5 Å². The second-order valence-electron chi connectivity index (χ2n) is 4.51. The first-order chi connectivity index (χ1) is 10.6. The fourth-order valence-electron chi connectivity index (χ4n) is 1.51. The average Bonchev–Trinajstić information content (AvgIpc) is 2.42. The van der Waals surface area contributed by atoms with Gasteiger partial charge >= 0.3 is 6.18 Å². The first-order valence-corrected chi connectivity index (χ1v) is 7.93. The van der Waals surface area contributed by atoms with Crippen LogP contribution in [0.5, 0.6) is 0 Å². The van der Waals surface area contributed by atoms with E-state index in [0.29, 0.717) is 11.1 Å². The van der Waals surface area contributed by atoms with Crippen LogP contribution in [-0.4, -0.2) is 33.7 Å². The summed E-state index contributed by atoms with van der Waals surface area (Å²) in [7, 11) is -3.98. The molecule has 1 aromatic rings. The minimum atomic E-state index is -4.50. The van der Waals surface area contributed by atoms with Crippen molar-refractivity contribution in [2.75, 3.05) is 13.2 Å². The summed E-state index contributed by atoms with van der Waals surface area (Å²) in [4.78, 5) is 11.4. The molecule has 126 valence electrons. The molecule has 0 fully saturated rings. The normalized spacial score (nSPS) is 11.7. The molecule has 1 amide bonds. The molecule has 23 heavy (non-hydrogen) atoms. The van der Waals surface area contributed by atoms with Gasteiger partial charge in [0, 0.05) is 0 Å². The Morgan fingerprint density at radius 2 is 1.87 bits per heavy atom. The maximum absolute atomic E-state index is 11.8. The lowest BCUT2D eigenvalue weighted by molar-refractivity contribution is -0.174. The highest BCUT2D eigenvalue weighted by molar-refractivity contribution is 7.89. The van der Waals surface area contributed by atoms with Crippen molar-refractivity contribution in [1.29, 1.82) is 5.26 Å². The van der Waals surface area contributed by atoms with Crippen molar-refractivity contribution in [3.05, 3.63) is 35.4 Å². The van der Waals surface area contributed by atoms with Crippen LogP contribution in [0.25, 0.3) is 0 Å². The molecule has 0 unspecified atom stereocenters. The Hall–Kier alpha value is -2.12. The zero-order valence-corrected chi connectivity index (χ0v) is 12.6.